The van der Waals surface area contributed by atoms with Crippen molar-refractivity contribution in [1.82, 2.24) is 0 Å². The van der Waals surface area contributed by atoms with Crippen molar-refractivity contribution in [2.45, 2.75) is 67.7 Å². The molecule has 0 atom stereocenters. The number of hydrogen-bond acceptors (Lipinski definition) is 2. The van der Waals surface area contributed by atoms with Gasteiger partial charge in [-0.15, -0.1) is 0 Å². The van der Waals surface area contributed by atoms with E-state index in [0.717, 1.165) is 32.1 Å². The Hall–Kier alpha value is 0.0687. The Morgan fingerprint density at radius 1 is 0.870 bits per heavy atom. The normalized spacial score (nSPS) is 13.4. The first-order chi connectivity index (χ1) is 10.5. The molecule has 0 N–H and O–H groups in total. The second kappa shape index (κ2) is 10.1. The predicted octanol–water partition coefficient (Wildman–Crippen LogP) is 5.09. The number of unbranched alkanes of at least 4 members (excludes halogenated alkanes) is 6. The van der Waals surface area contributed by atoms with Gasteiger partial charge in [0.2, 0.25) is 0 Å². The first-order valence-corrected chi connectivity index (χ1v) is 11.2. The number of halogens is 7. The van der Waals surface area contributed by atoms with Crippen molar-refractivity contribution in [3.8, 4) is 0 Å². The average molecular weight is 461 g/mol. The fraction of sp³-hybridized carbons (Fsp3) is 1.00. The van der Waals surface area contributed by atoms with E-state index >= 15 is 0 Å². The summed E-state index contributed by atoms with van der Waals surface area (Å²) in [5, 5.41) is 0. The Morgan fingerprint density at radius 2 is 1.35 bits per heavy atom. The molecule has 0 saturated carbocycles. The van der Waals surface area contributed by atoms with E-state index in [0.29, 0.717) is 6.42 Å². The molecule has 0 aromatic heterocycles. The summed E-state index contributed by atoms with van der Waals surface area (Å²) >= 11 is -5.83. The van der Waals surface area contributed by atoms with E-state index in [-0.39, 0.29) is 6.42 Å². The van der Waals surface area contributed by atoms with Gasteiger partial charge in [0.25, 0.3) is 0 Å². The minimum absolute atomic E-state index is 0.222. The SMILES string of the molecule is CCCCCCCCC[O][Sn](=[O])[C](F)(F)C(F)(F)C(F)(F)CF. The van der Waals surface area contributed by atoms with Gasteiger partial charge in [-0.1, -0.05) is 0 Å². The summed E-state index contributed by atoms with van der Waals surface area (Å²) in [7, 11) is 0. The summed E-state index contributed by atoms with van der Waals surface area (Å²) in [6.07, 6.45) is 5.65. The van der Waals surface area contributed by atoms with Crippen LogP contribution in [-0.4, -0.2) is 49.2 Å². The van der Waals surface area contributed by atoms with E-state index in [1.807, 2.05) is 6.92 Å². The molecule has 10 heteroatoms. The van der Waals surface area contributed by atoms with Gasteiger partial charge in [0.15, 0.2) is 0 Å². The van der Waals surface area contributed by atoms with Crippen LogP contribution in [0.1, 0.15) is 51.9 Å². The Bertz CT molecular complexity index is 364. The molecule has 0 rings (SSSR count). The molecule has 138 valence electrons. The van der Waals surface area contributed by atoms with E-state index in [2.05, 4.69) is 3.07 Å². The molecule has 0 aromatic rings. The number of alkyl halides is 7. The second-order valence-electron chi connectivity index (χ2n) is 5.24. The molecule has 2 nitrogen and oxygen atoms in total. The Morgan fingerprint density at radius 3 is 1.83 bits per heavy atom. The van der Waals surface area contributed by atoms with Gasteiger partial charge in [-0.25, -0.2) is 0 Å². The van der Waals surface area contributed by atoms with Crippen molar-refractivity contribution in [2.24, 2.45) is 0 Å². The number of rotatable bonds is 13. The van der Waals surface area contributed by atoms with E-state index < -0.39 is 49.2 Å². The fourth-order valence-corrected chi connectivity index (χ4v) is 4.47. The summed E-state index contributed by atoms with van der Waals surface area (Å²) < 4.78 is 99.5. The first-order valence-electron chi connectivity index (χ1n) is 7.41. The molecule has 0 aliphatic heterocycles. The molecular weight excluding hydrogens is 440 g/mol. The minimum atomic E-state index is -6.04. The molecule has 0 unspecified atom stereocenters. The first kappa shape index (κ1) is 23.1. The average Bonchev–Trinajstić information content (AvgIpc) is 2.49. The predicted molar refractivity (Wildman–Crippen MR) is 71.2 cm³/mol. The Labute approximate surface area is 138 Å². The van der Waals surface area contributed by atoms with Crippen LogP contribution in [-0.2, 0) is 6.15 Å². The molecule has 0 saturated heterocycles. The second-order valence-corrected chi connectivity index (χ2v) is 9.50. The van der Waals surface area contributed by atoms with Crippen LogP contribution in [0.4, 0.5) is 30.7 Å². The molecule has 0 amide bonds. The van der Waals surface area contributed by atoms with Gasteiger partial charge in [-0.05, 0) is 0 Å². The van der Waals surface area contributed by atoms with Crippen LogP contribution in [0.5, 0.6) is 0 Å². The van der Waals surface area contributed by atoms with Gasteiger partial charge in [-0.2, -0.15) is 0 Å². The molecule has 0 bridgehead atoms. The third kappa shape index (κ3) is 6.47. The molecule has 0 aromatic carbocycles. The zero-order valence-corrected chi connectivity index (χ0v) is 15.7. The molecule has 23 heavy (non-hydrogen) atoms. The molecule has 0 fully saturated rings. The molecule has 0 aliphatic rings. The Balaban J connectivity index is 4.29. The molecule has 0 spiro atoms. The molecule has 0 heterocycles. The summed E-state index contributed by atoms with van der Waals surface area (Å²) in [4.78, 5) is 0. The van der Waals surface area contributed by atoms with Gasteiger partial charge in [0.1, 0.15) is 0 Å². The van der Waals surface area contributed by atoms with E-state index in [4.69, 9.17) is 0 Å². The third-order valence-corrected chi connectivity index (χ3v) is 6.95. The van der Waals surface area contributed by atoms with Gasteiger partial charge in [0.05, 0.1) is 0 Å². The van der Waals surface area contributed by atoms with Gasteiger partial charge >= 0.3 is 138 Å². The van der Waals surface area contributed by atoms with E-state index in [1.165, 1.54) is 0 Å². The molecular formula is C13H21F7O2Sn. The zero-order valence-electron chi connectivity index (χ0n) is 12.8. The maximum atomic E-state index is 13.2. The van der Waals surface area contributed by atoms with Crippen LogP contribution in [0.3, 0.4) is 0 Å². The van der Waals surface area contributed by atoms with Crippen molar-refractivity contribution in [1.29, 1.82) is 0 Å². The van der Waals surface area contributed by atoms with Crippen LogP contribution in [0.2, 0.25) is 0 Å². The quantitative estimate of drug-likeness (QED) is 0.217. The monoisotopic (exact) mass is 462 g/mol. The van der Waals surface area contributed by atoms with Crippen LogP contribution >= 0.6 is 0 Å². The van der Waals surface area contributed by atoms with Crippen molar-refractivity contribution >= 4 is 20.2 Å². The van der Waals surface area contributed by atoms with Crippen LogP contribution in [0.15, 0.2) is 0 Å². The zero-order chi connectivity index (χ0) is 18.1. The van der Waals surface area contributed by atoms with Crippen molar-refractivity contribution in [3.63, 3.8) is 0 Å². The molecule has 0 radical (unpaired) electrons. The fourth-order valence-electron chi connectivity index (χ4n) is 1.76. The Kier molecular flexibility index (Phi) is 10.2. The number of hydrogen-bond donors (Lipinski definition) is 0. The van der Waals surface area contributed by atoms with Gasteiger partial charge < -0.3 is 0 Å². The van der Waals surface area contributed by atoms with Crippen LogP contribution < -0.4 is 0 Å². The van der Waals surface area contributed by atoms with Crippen molar-refractivity contribution < 1.29 is 36.9 Å². The summed E-state index contributed by atoms with van der Waals surface area (Å²) in [5.41, 5.74) is 0. The molecule has 0 aliphatic carbocycles. The summed E-state index contributed by atoms with van der Waals surface area (Å²) in [5.74, 6) is -11.6. The maximum absolute atomic E-state index is 13.2. The third-order valence-electron chi connectivity index (χ3n) is 3.26. The summed E-state index contributed by atoms with van der Waals surface area (Å²) in [6.45, 7) is -1.39. The van der Waals surface area contributed by atoms with Gasteiger partial charge in [-0.3, -0.25) is 0 Å². The van der Waals surface area contributed by atoms with Crippen LogP contribution in [0, 0.1) is 0 Å². The van der Waals surface area contributed by atoms with E-state index in [1.54, 1.807) is 0 Å². The van der Waals surface area contributed by atoms with E-state index in [9.17, 15) is 33.8 Å². The van der Waals surface area contributed by atoms with Gasteiger partial charge in [0, 0.05) is 0 Å². The summed E-state index contributed by atoms with van der Waals surface area (Å²) in [6, 6.07) is 0. The topological polar surface area (TPSA) is 26.3 Å². The standard InChI is InChI=1S/C9H19O.C4H2F7.O.Sn/c1-2-3-4-5-6-7-8-9-10;5-1-3(8,9)4(10,11)2(6)7;;/h2-9H2,1H3;1H2;;/q-1;;;+1. The van der Waals surface area contributed by atoms with Crippen LogP contribution in [0.25, 0.3) is 0 Å². The van der Waals surface area contributed by atoms with Crippen molar-refractivity contribution in [3.05, 3.63) is 0 Å². The van der Waals surface area contributed by atoms with Crippen molar-refractivity contribution in [2.75, 3.05) is 13.3 Å².